The Bertz CT molecular complexity index is 1070. The summed E-state index contributed by atoms with van der Waals surface area (Å²) in [4.78, 5) is 30.9. The highest BCUT2D eigenvalue weighted by molar-refractivity contribution is 6.00. The van der Waals surface area contributed by atoms with Crippen molar-refractivity contribution in [3.8, 4) is 5.75 Å². The topological polar surface area (TPSA) is 88.5 Å². The minimum atomic E-state index is -1.90. The van der Waals surface area contributed by atoms with Gasteiger partial charge in [-0.3, -0.25) is 9.80 Å². The first-order valence-corrected chi connectivity index (χ1v) is 11.1. The van der Waals surface area contributed by atoms with Crippen LogP contribution >= 0.6 is 0 Å². The lowest BCUT2D eigenvalue weighted by Gasteiger charge is -2.70. The summed E-state index contributed by atoms with van der Waals surface area (Å²) in [5, 5.41) is 12.4. The predicted octanol–water partition coefficient (Wildman–Crippen LogP) is 1.99. The third-order valence-electron chi connectivity index (χ3n) is 9.10. The SMILES string of the molecule is COC(=O)N1c2c(OC)cccc2C23CCN4CC=CC5(CCC12C(O)(C(=O)OC)C5)C43. The average molecular weight is 440 g/mol. The van der Waals surface area contributed by atoms with Gasteiger partial charge in [0.05, 0.1) is 27.0 Å². The van der Waals surface area contributed by atoms with E-state index in [0.717, 1.165) is 25.1 Å². The van der Waals surface area contributed by atoms with Crippen LogP contribution in [0.2, 0.25) is 0 Å². The summed E-state index contributed by atoms with van der Waals surface area (Å²) >= 11 is 0. The third-order valence-corrected chi connectivity index (χ3v) is 9.10. The summed E-state index contributed by atoms with van der Waals surface area (Å²) in [5.74, 6) is -0.173. The van der Waals surface area contributed by atoms with E-state index >= 15 is 0 Å². The van der Waals surface area contributed by atoms with Crippen LogP contribution in [0.15, 0.2) is 30.4 Å². The number of aliphatic hydroxyl groups is 1. The summed E-state index contributed by atoms with van der Waals surface area (Å²) in [6, 6.07) is 5.82. The van der Waals surface area contributed by atoms with Gasteiger partial charge in [-0.05, 0) is 43.9 Å². The van der Waals surface area contributed by atoms with Gasteiger partial charge in [0, 0.05) is 23.4 Å². The van der Waals surface area contributed by atoms with Crippen molar-refractivity contribution in [3.05, 3.63) is 35.9 Å². The lowest BCUT2D eigenvalue weighted by atomic mass is 9.38. The molecule has 2 bridgehead atoms. The minimum Gasteiger partial charge on any atom is -0.495 e. The Morgan fingerprint density at radius 3 is 2.66 bits per heavy atom. The summed E-state index contributed by atoms with van der Waals surface area (Å²) < 4.78 is 16.2. The van der Waals surface area contributed by atoms with Crippen LogP contribution in [-0.4, -0.2) is 73.7 Å². The molecule has 3 spiro atoms. The maximum Gasteiger partial charge on any atom is 0.414 e. The number of ether oxygens (including phenoxy) is 3. The zero-order valence-electron chi connectivity index (χ0n) is 18.6. The maximum absolute atomic E-state index is 13.5. The smallest absolute Gasteiger partial charge is 0.414 e. The second kappa shape index (κ2) is 6.05. The van der Waals surface area contributed by atoms with Crippen molar-refractivity contribution in [1.82, 2.24) is 4.90 Å². The van der Waals surface area contributed by atoms with Gasteiger partial charge in [0.25, 0.3) is 0 Å². The molecule has 7 rings (SSSR count). The van der Waals surface area contributed by atoms with Crippen molar-refractivity contribution in [3.63, 3.8) is 0 Å². The molecular formula is C24H28N2O6. The lowest BCUT2D eigenvalue weighted by Crippen LogP contribution is -2.85. The van der Waals surface area contributed by atoms with Crippen LogP contribution in [0.25, 0.3) is 0 Å². The lowest BCUT2D eigenvalue weighted by molar-refractivity contribution is -0.214. The highest BCUT2D eigenvalue weighted by Crippen LogP contribution is 2.76. The molecule has 170 valence electrons. The molecule has 4 fully saturated rings. The minimum absolute atomic E-state index is 0.0548. The molecule has 0 radical (unpaired) electrons. The van der Waals surface area contributed by atoms with Gasteiger partial charge < -0.3 is 19.3 Å². The first-order chi connectivity index (χ1) is 15.4. The number of amides is 1. The molecule has 1 aromatic rings. The standard InChI is InChI=1S/C24H28N2O6/c1-30-16-7-4-6-15-17(16)26(20(28)32-3)24-10-9-21(14-23(24,29)19(27)31-2)8-5-12-25-13-11-22(15,24)18(21)25/h4-8,18,29H,9-14H2,1-3H3. The Kier molecular flexibility index (Phi) is 3.79. The molecule has 0 aromatic heterocycles. The number of methoxy groups -OCH3 is 3. The first-order valence-electron chi connectivity index (χ1n) is 11.1. The molecule has 3 aliphatic carbocycles. The van der Waals surface area contributed by atoms with E-state index in [4.69, 9.17) is 14.2 Å². The number of carbonyl (C=O) groups is 2. The quantitative estimate of drug-likeness (QED) is 0.556. The van der Waals surface area contributed by atoms with Gasteiger partial charge in [0.1, 0.15) is 11.3 Å². The molecule has 3 saturated carbocycles. The number of rotatable bonds is 2. The van der Waals surface area contributed by atoms with Gasteiger partial charge in [-0.15, -0.1) is 0 Å². The van der Waals surface area contributed by atoms with Crippen LogP contribution < -0.4 is 9.64 Å². The molecule has 5 unspecified atom stereocenters. The monoisotopic (exact) mass is 440 g/mol. The fourth-order valence-electron chi connectivity index (χ4n) is 8.41. The number of nitrogens with zero attached hydrogens (tertiary/aromatic N) is 2. The normalized spacial score (nSPS) is 40.5. The summed E-state index contributed by atoms with van der Waals surface area (Å²) in [7, 11) is 4.19. The number of para-hydroxylation sites is 1. The van der Waals surface area contributed by atoms with Crippen molar-refractivity contribution in [1.29, 1.82) is 0 Å². The highest BCUT2D eigenvalue weighted by Gasteiger charge is 2.86. The Labute approximate surface area is 186 Å². The molecule has 1 saturated heterocycles. The van der Waals surface area contributed by atoms with E-state index in [-0.39, 0.29) is 17.9 Å². The van der Waals surface area contributed by atoms with Gasteiger partial charge in [-0.1, -0.05) is 24.3 Å². The molecule has 3 heterocycles. The van der Waals surface area contributed by atoms with Crippen LogP contribution in [0.3, 0.4) is 0 Å². The van der Waals surface area contributed by atoms with Crippen molar-refractivity contribution in [2.75, 3.05) is 39.3 Å². The molecule has 6 aliphatic rings. The van der Waals surface area contributed by atoms with Gasteiger partial charge in [-0.25, -0.2) is 9.59 Å². The van der Waals surface area contributed by atoms with Crippen LogP contribution in [-0.2, 0) is 19.7 Å². The van der Waals surface area contributed by atoms with Gasteiger partial charge in [0.2, 0.25) is 0 Å². The maximum atomic E-state index is 13.5. The van der Waals surface area contributed by atoms with Crippen LogP contribution in [0.5, 0.6) is 5.75 Å². The van der Waals surface area contributed by atoms with Gasteiger partial charge in [0.15, 0.2) is 5.60 Å². The van der Waals surface area contributed by atoms with Crippen molar-refractivity contribution >= 4 is 17.7 Å². The average Bonchev–Trinajstić information content (AvgIpc) is 3.34. The van der Waals surface area contributed by atoms with E-state index in [0.29, 0.717) is 24.3 Å². The van der Waals surface area contributed by atoms with Crippen molar-refractivity contribution in [2.45, 2.75) is 48.3 Å². The number of anilines is 1. The van der Waals surface area contributed by atoms with E-state index in [1.807, 2.05) is 18.2 Å². The fourth-order valence-corrected chi connectivity index (χ4v) is 8.41. The van der Waals surface area contributed by atoms with Crippen LogP contribution in [0.4, 0.5) is 10.5 Å². The summed E-state index contributed by atoms with van der Waals surface area (Å²) in [6.45, 7) is 1.64. The molecule has 1 N–H and O–H groups in total. The second-order valence-electron chi connectivity index (χ2n) is 9.81. The zero-order valence-corrected chi connectivity index (χ0v) is 18.6. The summed E-state index contributed by atoms with van der Waals surface area (Å²) in [6.07, 6.45) is 5.90. The van der Waals surface area contributed by atoms with Crippen LogP contribution in [0, 0.1) is 5.41 Å². The van der Waals surface area contributed by atoms with Gasteiger partial charge >= 0.3 is 12.1 Å². The van der Waals surface area contributed by atoms with E-state index in [1.165, 1.54) is 14.2 Å². The molecule has 3 aliphatic heterocycles. The van der Waals surface area contributed by atoms with E-state index in [2.05, 4.69) is 17.1 Å². The molecule has 8 nitrogen and oxygen atoms in total. The van der Waals surface area contributed by atoms with E-state index in [9.17, 15) is 14.7 Å². The highest BCUT2D eigenvalue weighted by atomic mass is 16.6. The molecule has 1 amide bonds. The summed E-state index contributed by atoms with van der Waals surface area (Å²) in [5.41, 5.74) is -2.63. The Balaban J connectivity index is 1.77. The fraction of sp³-hybridized carbons (Fsp3) is 0.583. The Hall–Kier alpha value is -2.58. The van der Waals surface area contributed by atoms with Crippen molar-refractivity contribution < 1.29 is 28.9 Å². The number of hydrogen-bond donors (Lipinski definition) is 1. The van der Waals surface area contributed by atoms with Gasteiger partial charge in [-0.2, -0.15) is 0 Å². The first kappa shape index (κ1) is 20.1. The van der Waals surface area contributed by atoms with E-state index in [1.54, 1.807) is 12.0 Å². The predicted molar refractivity (Wildman–Crippen MR) is 115 cm³/mol. The van der Waals surface area contributed by atoms with E-state index < -0.39 is 28.6 Å². The van der Waals surface area contributed by atoms with Crippen molar-refractivity contribution in [2.24, 2.45) is 5.41 Å². The number of fused-ring (bicyclic) bond motifs is 3. The molecule has 1 aromatic carbocycles. The number of benzene rings is 1. The molecular weight excluding hydrogens is 412 g/mol. The zero-order chi connectivity index (χ0) is 22.5. The number of hydrogen-bond acceptors (Lipinski definition) is 7. The number of esters is 1. The molecule has 8 heteroatoms. The second-order valence-corrected chi connectivity index (χ2v) is 9.81. The third kappa shape index (κ3) is 1.79. The molecule has 5 atom stereocenters. The molecule has 32 heavy (non-hydrogen) atoms. The Morgan fingerprint density at radius 2 is 1.94 bits per heavy atom. The largest absolute Gasteiger partial charge is 0.495 e. The van der Waals surface area contributed by atoms with Crippen LogP contribution in [0.1, 0.15) is 31.2 Å². The Morgan fingerprint density at radius 1 is 1.12 bits per heavy atom. The number of carbonyl (C=O) groups excluding carboxylic acids is 2.